The highest BCUT2D eigenvalue weighted by atomic mass is 32.2. The summed E-state index contributed by atoms with van der Waals surface area (Å²) in [4.78, 5) is 22.4. The summed E-state index contributed by atoms with van der Waals surface area (Å²) >= 11 is 1.06. The van der Waals surface area contributed by atoms with Gasteiger partial charge in [0.05, 0.1) is 19.1 Å². The quantitative estimate of drug-likeness (QED) is 0.730. The molecule has 0 atom stereocenters. The van der Waals surface area contributed by atoms with Crippen LogP contribution in [0.3, 0.4) is 0 Å². The van der Waals surface area contributed by atoms with E-state index in [0.717, 1.165) is 11.8 Å². The predicted molar refractivity (Wildman–Crippen MR) is 58.7 cm³/mol. The third-order valence-corrected chi connectivity index (χ3v) is 2.94. The van der Waals surface area contributed by atoms with E-state index in [9.17, 15) is 9.59 Å². The van der Waals surface area contributed by atoms with Gasteiger partial charge in [-0.2, -0.15) is 0 Å². The molecule has 0 spiro atoms. The Balaban J connectivity index is 4.04. The van der Waals surface area contributed by atoms with Crippen LogP contribution in [-0.4, -0.2) is 42.3 Å². The van der Waals surface area contributed by atoms with Gasteiger partial charge in [-0.05, 0) is 0 Å². The number of amides is 1. The molecule has 0 saturated heterocycles. The van der Waals surface area contributed by atoms with Crippen LogP contribution >= 0.6 is 11.8 Å². The van der Waals surface area contributed by atoms with Crippen LogP contribution in [0.15, 0.2) is 0 Å². The smallest absolute Gasteiger partial charge is 0.406 e. The van der Waals surface area contributed by atoms with E-state index in [-0.39, 0.29) is 18.3 Å². The van der Waals surface area contributed by atoms with Crippen LogP contribution in [0.2, 0.25) is 0 Å². The van der Waals surface area contributed by atoms with Crippen LogP contribution in [0.1, 0.15) is 13.8 Å². The molecule has 0 aromatic carbocycles. The van der Waals surface area contributed by atoms with Crippen LogP contribution < -0.4 is 5.32 Å². The van der Waals surface area contributed by atoms with Crippen molar-refractivity contribution in [1.29, 1.82) is 0 Å². The molecule has 0 unspecified atom stereocenters. The Morgan fingerprint density at radius 2 is 2.07 bits per heavy atom. The molecule has 0 aromatic heterocycles. The summed E-state index contributed by atoms with van der Waals surface area (Å²) in [5.74, 6) is 0.375. The summed E-state index contributed by atoms with van der Waals surface area (Å²) in [5, 5.41) is 11.0. The summed E-state index contributed by atoms with van der Waals surface area (Å²) < 4.78 is 4.40. The molecule has 0 bridgehead atoms. The SMILES string of the molecule is COC(=O)NCC(C)(C)C(=O)SCCO. The minimum absolute atomic E-state index is 0.0308. The number of carbonyl (C=O) groups excluding carboxylic acids is 2. The molecule has 5 nitrogen and oxygen atoms in total. The third kappa shape index (κ3) is 5.64. The molecule has 6 heteroatoms. The Morgan fingerprint density at radius 3 is 2.53 bits per heavy atom. The van der Waals surface area contributed by atoms with Crippen molar-refractivity contribution in [3.8, 4) is 0 Å². The number of aliphatic hydroxyl groups excluding tert-OH is 1. The van der Waals surface area contributed by atoms with Gasteiger partial charge < -0.3 is 15.2 Å². The maximum Gasteiger partial charge on any atom is 0.406 e. The number of hydrogen-bond acceptors (Lipinski definition) is 5. The predicted octanol–water partition coefficient (Wildman–Crippen LogP) is 0.621. The fourth-order valence-electron chi connectivity index (χ4n) is 0.771. The molecule has 0 saturated carbocycles. The number of rotatable bonds is 5. The summed E-state index contributed by atoms with van der Waals surface area (Å²) in [6, 6.07) is 0. The van der Waals surface area contributed by atoms with E-state index in [1.165, 1.54) is 7.11 Å². The van der Waals surface area contributed by atoms with Crippen LogP contribution in [0.25, 0.3) is 0 Å². The molecule has 0 fully saturated rings. The molecule has 0 radical (unpaired) electrons. The molecule has 1 amide bonds. The zero-order valence-electron chi connectivity index (χ0n) is 9.20. The fourth-order valence-corrected chi connectivity index (χ4v) is 1.51. The van der Waals surface area contributed by atoms with Gasteiger partial charge in [-0.15, -0.1) is 0 Å². The first-order chi connectivity index (χ1) is 6.94. The second-order valence-electron chi connectivity index (χ2n) is 3.59. The molecule has 15 heavy (non-hydrogen) atoms. The molecule has 0 rings (SSSR count). The largest absolute Gasteiger partial charge is 0.453 e. The summed E-state index contributed by atoms with van der Waals surface area (Å²) in [6.45, 7) is 3.65. The van der Waals surface area contributed by atoms with Crippen molar-refractivity contribution in [1.82, 2.24) is 5.32 Å². The molecule has 0 aliphatic rings. The molecular formula is C9H17NO4S. The van der Waals surface area contributed by atoms with Crippen molar-refractivity contribution in [2.24, 2.45) is 5.41 Å². The van der Waals surface area contributed by atoms with Crippen molar-refractivity contribution in [3.63, 3.8) is 0 Å². The van der Waals surface area contributed by atoms with Gasteiger partial charge in [0.2, 0.25) is 0 Å². The minimum Gasteiger partial charge on any atom is -0.453 e. The van der Waals surface area contributed by atoms with E-state index in [1.54, 1.807) is 13.8 Å². The van der Waals surface area contributed by atoms with Gasteiger partial charge >= 0.3 is 6.09 Å². The Morgan fingerprint density at radius 1 is 1.47 bits per heavy atom. The lowest BCUT2D eigenvalue weighted by Gasteiger charge is -2.22. The Bertz CT molecular complexity index is 230. The van der Waals surface area contributed by atoms with Crippen molar-refractivity contribution < 1.29 is 19.4 Å². The van der Waals surface area contributed by atoms with E-state index < -0.39 is 11.5 Å². The standard InChI is InChI=1S/C9H17NO4S/c1-9(2,6-10-8(13)14-3)7(12)15-5-4-11/h11H,4-6H2,1-3H3,(H,10,13). The maximum absolute atomic E-state index is 11.6. The van der Waals surface area contributed by atoms with E-state index in [2.05, 4.69) is 10.1 Å². The number of methoxy groups -OCH3 is 1. The van der Waals surface area contributed by atoms with Gasteiger partial charge in [0.25, 0.3) is 0 Å². The average Bonchev–Trinajstić information content (AvgIpc) is 2.22. The lowest BCUT2D eigenvalue weighted by Crippen LogP contribution is -2.38. The fraction of sp³-hybridized carbons (Fsp3) is 0.778. The number of aliphatic hydroxyl groups is 1. The van der Waals surface area contributed by atoms with Crippen molar-refractivity contribution in [2.75, 3.05) is 26.0 Å². The molecule has 0 aromatic rings. The number of hydrogen-bond donors (Lipinski definition) is 2. The third-order valence-electron chi connectivity index (χ3n) is 1.74. The molecule has 0 aliphatic carbocycles. The van der Waals surface area contributed by atoms with Crippen LogP contribution in [0, 0.1) is 5.41 Å². The first kappa shape index (κ1) is 14.2. The molecular weight excluding hydrogens is 218 g/mol. The number of alkyl carbamates (subject to hydrolysis) is 1. The Hall–Kier alpha value is -0.750. The average molecular weight is 235 g/mol. The Kier molecular flexibility index (Phi) is 6.35. The van der Waals surface area contributed by atoms with Gasteiger partial charge in [-0.1, -0.05) is 25.6 Å². The van der Waals surface area contributed by atoms with Crippen molar-refractivity contribution in [2.45, 2.75) is 13.8 Å². The Labute approximate surface area is 93.6 Å². The van der Waals surface area contributed by atoms with Crippen molar-refractivity contribution in [3.05, 3.63) is 0 Å². The van der Waals surface area contributed by atoms with Gasteiger partial charge in [0.15, 0.2) is 5.12 Å². The number of carbonyl (C=O) groups is 2. The lowest BCUT2D eigenvalue weighted by molar-refractivity contribution is -0.117. The van der Waals surface area contributed by atoms with Crippen LogP contribution in [-0.2, 0) is 9.53 Å². The lowest BCUT2D eigenvalue weighted by atomic mass is 9.96. The number of thioether (sulfide) groups is 1. The van der Waals surface area contributed by atoms with E-state index in [4.69, 9.17) is 5.11 Å². The highest BCUT2D eigenvalue weighted by Gasteiger charge is 2.28. The maximum atomic E-state index is 11.6. The first-order valence-corrected chi connectivity index (χ1v) is 5.52. The van der Waals surface area contributed by atoms with E-state index in [1.807, 2.05) is 0 Å². The second-order valence-corrected chi connectivity index (χ2v) is 4.66. The van der Waals surface area contributed by atoms with Gasteiger partial charge in [-0.3, -0.25) is 4.79 Å². The molecule has 0 aliphatic heterocycles. The monoisotopic (exact) mass is 235 g/mol. The summed E-state index contributed by atoms with van der Waals surface area (Å²) in [7, 11) is 1.27. The van der Waals surface area contributed by atoms with Gasteiger partial charge in [0.1, 0.15) is 0 Å². The highest BCUT2D eigenvalue weighted by Crippen LogP contribution is 2.22. The zero-order valence-corrected chi connectivity index (χ0v) is 10.0. The van der Waals surface area contributed by atoms with Crippen LogP contribution in [0.5, 0.6) is 0 Å². The molecule has 0 heterocycles. The van der Waals surface area contributed by atoms with Gasteiger partial charge in [0, 0.05) is 12.3 Å². The normalized spacial score (nSPS) is 10.9. The molecule has 2 N–H and O–H groups in total. The highest BCUT2D eigenvalue weighted by molar-refractivity contribution is 8.13. The van der Waals surface area contributed by atoms with Gasteiger partial charge in [-0.25, -0.2) is 4.79 Å². The van der Waals surface area contributed by atoms with Crippen molar-refractivity contribution >= 4 is 23.0 Å². The first-order valence-electron chi connectivity index (χ1n) is 4.54. The molecule has 88 valence electrons. The van der Waals surface area contributed by atoms with Crippen LogP contribution in [0.4, 0.5) is 4.79 Å². The minimum atomic E-state index is -0.659. The zero-order chi connectivity index (χ0) is 11.9. The second kappa shape index (κ2) is 6.68. The number of ether oxygens (including phenoxy) is 1. The number of nitrogens with one attached hydrogen (secondary N) is 1. The van der Waals surface area contributed by atoms with E-state index >= 15 is 0 Å². The summed E-state index contributed by atoms with van der Waals surface area (Å²) in [6.07, 6.45) is -0.553. The topological polar surface area (TPSA) is 75.6 Å². The van der Waals surface area contributed by atoms with E-state index in [0.29, 0.717) is 5.75 Å². The summed E-state index contributed by atoms with van der Waals surface area (Å²) in [5.41, 5.74) is -0.659.